The van der Waals surface area contributed by atoms with Crippen molar-refractivity contribution in [1.29, 1.82) is 0 Å². The van der Waals surface area contributed by atoms with Crippen LogP contribution in [0.15, 0.2) is 48.5 Å². The van der Waals surface area contributed by atoms with E-state index >= 15 is 0 Å². The van der Waals surface area contributed by atoms with Crippen molar-refractivity contribution in [3.8, 4) is 11.5 Å². The highest BCUT2D eigenvalue weighted by Gasteiger charge is 2.05. The van der Waals surface area contributed by atoms with E-state index in [0.29, 0.717) is 16.4 Å². The lowest BCUT2D eigenvalue weighted by Gasteiger charge is -2.03. The summed E-state index contributed by atoms with van der Waals surface area (Å²) in [5, 5.41) is 13.0. The van der Waals surface area contributed by atoms with Crippen LogP contribution in [0.2, 0.25) is 0 Å². The number of phenols is 1. The predicted octanol–water partition coefficient (Wildman–Crippen LogP) is 3.66. The van der Waals surface area contributed by atoms with Gasteiger partial charge in [-0.25, -0.2) is 4.98 Å². The first-order chi connectivity index (χ1) is 11.2. The molecule has 0 aliphatic carbocycles. The maximum absolute atomic E-state index is 12.0. The number of anilines is 1. The molecule has 2 N–H and O–H groups in total. The number of para-hydroxylation sites is 1. The Bertz CT molecular complexity index is 853. The second-order valence-electron chi connectivity index (χ2n) is 4.74. The van der Waals surface area contributed by atoms with Crippen LogP contribution in [0.3, 0.4) is 0 Å². The minimum Gasteiger partial charge on any atom is -0.504 e. The summed E-state index contributed by atoms with van der Waals surface area (Å²) in [5.41, 5.74) is 1.56. The standard InChI is InChI=1S/C17H14N2O3S/c1-22-14-8-6-11(10-13(14)20)7-9-16(21)19-17-18-12-4-2-3-5-15(12)23-17/h2-10,20H,1H3,(H,18,19,21)/b9-7+. The Balaban J connectivity index is 1.70. The van der Waals surface area contributed by atoms with Crippen molar-refractivity contribution < 1.29 is 14.6 Å². The number of aromatic nitrogens is 1. The molecular formula is C17H14N2O3S. The van der Waals surface area contributed by atoms with Crippen LogP contribution < -0.4 is 10.1 Å². The van der Waals surface area contributed by atoms with Crippen molar-refractivity contribution in [3.05, 3.63) is 54.1 Å². The number of nitrogens with zero attached hydrogens (tertiary/aromatic N) is 1. The van der Waals surface area contributed by atoms with Gasteiger partial charge in [-0.15, -0.1) is 0 Å². The van der Waals surface area contributed by atoms with Crippen molar-refractivity contribution in [2.75, 3.05) is 12.4 Å². The zero-order chi connectivity index (χ0) is 16.2. The summed E-state index contributed by atoms with van der Waals surface area (Å²) in [6, 6.07) is 12.6. The van der Waals surface area contributed by atoms with Crippen molar-refractivity contribution in [3.63, 3.8) is 0 Å². The quantitative estimate of drug-likeness (QED) is 0.718. The van der Waals surface area contributed by atoms with E-state index in [0.717, 1.165) is 10.2 Å². The molecule has 0 fully saturated rings. The molecule has 0 aliphatic rings. The molecule has 0 bridgehead atoms. The Morgan fingerprint density at radius 3 is 2.87 bits per heavy atom. The highest BCUT2D eigenvalue weighted by atomic mass is 32.1. The fourth-order valence-corrected chi connectivity index (χ4v) is 2.92. The Kier molecular flexibility index (Phi) is 4.25. The molecule has 3 rings (SSSR count). The van der Waals surface area contributed by atoms with Gasteiger partial charge >= 0.3 is 0 Å². The number of nitrogens with one attached hydrogen (secondary N) is 1. The van der Waals surface area contributed by atoms with Crippen LogP contribution in [0.4, 0.5) is 5.13 Å². The Hall–Kier alpha value is -2.86. The molecule has 0 atom stereocenters. The fraction of sp³-hybridized carbons (Fsp3) is 0.0588. The van der Waals surface area contributed by atoms with Crippen molar-refractivity contribution >= 4 is 38.7 Å². The van der Waals surface area contributed by atoms with E-state index in [2.05, 4.69) is 10.3 Å². The van der Waals surface area contributed by atoms with Crippen molar-refractivity contribution in [1.82, 2.24) is 4.98 Å². The average Bonchev–Trinajstić information content (AvgIpc) is 2.95. The molecule has 23 heavy (non-hydrogen) atoms. The number of thiazole rings is 1. The van der Waals surface area contributed by atoms with Crippen LogP contribution in [0.25, 0.3) is 16.3 Å². The van der Waals surface area contributed by atoms with Crippen molar-refractivity contribution in [2.24, 2.45) is 0 Å². The van der Waals surface area contributed by atoms with E-state index in [-0.39, 0.29) is 11.7 Å². The second-order valence-corrected chi connectivity index (χ2v) is 5.77. The summed E-state index contributed by atoms with van der Waals surface area (Å²) in [5.74, 6) is 0.140. The molecule has 0 unspecified atom stereocenters. The first kappa shape index (κ1) is 15.1. The normalized spacial score (nSPS) is 11.0. The second kappa shape index (κ2) is 6.50. The van der Waals surface area contributed by atoms with Gasteiger partial charge in [0, 0.05) is 6.08 Å². The lowest BCUT2D eigenvalue weighted by Crippen LogP contribution is -2.07. The molecule has 0 aliphatic heterocycles. The lowest BCUT2D eigenvalue weighted by molar-refractivity contribution is -0.111. The Labute approximate surface area is 136 Å². The largest absolute Gasteiger partial charge is 0.504 e. The predicted molar refractivity (Wildman–Crippen MR) is 91.9 cm³/mol. The molecule has 0 radical (unpaired) electrons. The van der Waals surface area contributed by atoms with Crippen LogP contribution in [0.1, 0.15) is 5.56 Å². The molecule has 2 aromatic carbocycles. The molecule has 0 saturated heterocycles. The summed E-state index contributed by atoms with van der Waals surface area (Å²) in [6.45, 7) is 0. The van der Waals surface area contributed by atoms with E-state index in [1.165, 1.54) is 30.6 Å². The van der Waals surface area contributed by atoms with Gasteiger partial charge in [0.05, 0.1) is 17.3 Å². The summed E-state index contributed by atoms with van der Waals surface area (Å²) >= 11 is 1.42. The molecule has 6 heteroatoms. The summed E-state index contributed by atoms with van der Waals surface area (Å²) < 4.78 is 5.99. The smallest absolute Gasteiger partial charge is 0.250 e. The highest BCUT2D eigenvalue weighted by molar-refractivity contribution is 7.22. The van der Waals surface area contributed by atoms with Crippen LogP contribution in [0.5, 0.6) is 11.5 Å². The zero-order valence-corrected chi connectivity index (χ0v) is 13.1. The van der Waals surface area contributed by atoms with Crippen LogP contribution >= 0.6 is 11.3 Å². The molecule has 0 saturated carbocycles. The van der Waals surface area contributed by atoms with Gasteiger partial charge in [0.1, 0.15) is 0 Å². The Morgan fingerprint density at radius 2 is 2.13 bits per heavy atom. The minimum atomic E-state index is -0.278. The van der Waals surface area contributed by atoms with Gasteiger partial charge in [0.25, 0.3) is 0 Å². The SMILES string of the molecule is COc1ccc(/C=C/C(=O)Nc2nc3ccccc3s2)cc1O. The van der Waals surface area contributed by atoms with Gasteiger partial charge < -0.3 is 9.84 Å². The molecule has 1 heterocycles. The van der Waals surface area contributed by atoms with Gasteiger partial charge in [0.2, 0.25) is 5.91 Å². The van der Waals surface area contributed by atoms with E-state index in [1.807, 2.05) is 24.3 Å². The van der Waals surface area contributed by atoms with Crippen LogP contribution in [-0.2, 0) is 4.79 Å². The van der Waals surface area contributed by atoms with Gasteiger partial charge in [0.15, 0.2) is 16.6 Å². The number of aromatic hydroxyl groups is 1. The molecule has 5 nitrogen and oxygen atoms in total. The Morgan fingerprint density at radius 1 is 1.30 bits per heavy atom. The van der Waals surface area contributed by atoms with E-state index < -0.39 is 0 Å². The summed E-state index contributed by atoms with van der Waals surface area (Å²) in [7, 11) is 1.48. The summed E-state index contributed by atoms with van der Waals surface area (Å²) in [4.78, 5) is 16.3. The number of methoxy groups -OCH3 is 1. The van der Waals surface area contributed by atoms with Crippen molar-refractivity contribution in [2.45, 2.75) is 0 Å². The maximum Gasteiger partial charge on any atom is 0.250 e. The number of rotatable bonds is 4. The fourth-order valence-electron chi connectivity index (χ4n) is 2.06. The molecule has 116 valence electrons. The van der Waals surface area contributed by atoms with E-state index in [9.17, 15) is 9.90 Å². The van der Waals surface area contributed by atoms with Gasteiger partial charge in [-0.3, -0.25) is 10.1 Å². The molecule has 1 aromatic heterocycles. The number of ether oxygens (including phenoxy) is 1. The van der Waals surface area contributed by atoms with Crippen LogP contribution in [0, 0.1) is 0 Å². The summed E-state index contributed by atoms with van der Waals surface area (Å²) in [6.07, 6.45) is 3.01. The highest BCUT2D eigenvalue weighted by Crippen LogP contribution is 2.27. The third-order valence-electron chi connectivity index (χ3n) is 3.15. The minimum absolute atomic E-state index is 0.0289. The van der Waals surface area contributed by atoms with Gasteiger partial charge in [-0.05, 0) is 35.9 Å². The molecule has 3 aromatic rings. The van der Waals surface area contributed by atoms with Gasteiger partial charge in [-0.1, -0.05) is 29.5 Å². The number of carbonyl (C=O) groups is 1. The van der Waals surface area contributed by atoms with Crippen LogP contribution in [-0.4, -0.2) is 23.1 Å². The first-order valence-electron chi connectivity index (χ1n) is 6.87. The number of phenolic OH excluding ortho intramolecular Hbond substituents is 1. The number of hydrogen-bond acceptors (Lipinski definition) is 5. The number of carbonyl (C=O) groups excluding carboxylic acids is 1. The third-order valence-corrected chi connectivity index (χ3v) is 4.11. The van der Waals surface area contributed by atoms with E-state index in [1.54, 1.807) is 18.2 Å². The monoisotopic (exact) mass is 326 g/mol. The molecule has 0 spiro atoms. The van der Waals surface area contributed by atoms with E-state index in [4.69, 9.17) is 4.74 Å². The number of benzene rings is 2. The van der Waals surface area contributed by atoms with Gasteiger partial charge in [-0.2, -0.15) is 0 Å². The number of amides is 1. The lowest BCUT2D eigenvalue weighted by atomic mass is 10.2. The average molecular weight is 326 g/mol. The number of hydrogen-bond donors (Lipinski definition) is 2. The topological polar surface area (TPSA) is 71.5 Å². The molecule has 1 amide bonds. The third kappa shape index (κ3) is 3.49. The zero-order valence-electron chi connectivity index (χ0n) is 12.3. The number of fused-ring (bicyclic) bond motifs is 1. The maximum atomic E-state index is 12.0. The first-order valence-corrected chi connectivity index (χ1v) is 7.69. The molecular weight excluding hydrogens is 312 g/mol.